The summed E-state index contributed by atoms with van der Waals surface area (Å²) in [6.45, 7) is 10.3. The third-order valence-electron chi connectivity index (χ3n) is 4.44. The van der Waals surface area contributed by atoms with Crippen LogP contribution in [-0.4, -0.2) is 31.0 Å². The number of phosphoric ester groups is 1. The van der Waals surface area contributed by atoms with Crippen LogP contribution in [0.3, 0.4) is 0 Å². The molecule has 0 rings (SSSR count). The molecule has 0 radical (unpaired) electrons. The van der Waals surface area contributed by atoms with E-state index in [0.29, 0.717) is 6.61 Å². The first kappa shape index (κ1) is 37.5. The molecule has 0 unspecified atom stereocenters. The molecule has 9 heteroatoms. The Morgan fingerprint density at radius 1 is 0.812 bits per heavy atom. The van der Waals surface area contributed by atoms with Gasteiger partial charge in [-0.3, -0.25) is 0 Å². The van der Waals surface area contributed by atoms with E-state index in [-0.39, 0.29) is 65.7 Å². The summed E-state index contributed by atoms with van der Waals surface area (Å²) in [6, 6.07) is 0. The fourth-order valence-electron chi connectivity index (χ4n) is 2.62. The maximum atomic E-state index is 10.3. The molecule has 0 aromatic rings. The summed E-state index contributed by atoms with van der Waals surface area (Å²) in [7, 11) is -5.05. The van der Waals surface area contributed by atoms with Gasteiger partial charge in [0.05, 0.1) is 27.6 Å². The SMILES string of the molecule is CC(C)=CCC/C(C)=C/CC/C(C)=C/CC/C(C)=C/COC[C@@H](O)COP(=O)([O-])[O-].[Na+].[Na+]. The Kier molecular flexibility index (Phi) is 26.3. The van der Waals surface area contributed by atoms with Crippen molar-refractivity contribution in [1.82, 2.24) is 0 Å². The number of hydrogen-bond donors (Lipinski definition) is 1. The monoisotopic (exact) mass is 488 g/mol. The molecule has 174 valence electrons. The molecule has 0 aliphatic heterocycles. The first-order chi connectivity index (χ1) is 14.0. The zero-order valence-electron chi connectivity index (χ0n) is 21.2. The van der Waals surface area contributed by atoms with Crippen molar-refractivity contribution in [2.24, 2.45) is 0 Å². The summed E-state index contributed by atoms with van der Waals surface area (Å²) in [4.78, 5) is 20.7. The standard InChI is InChI=1S/C23H41O6P.2Na/c1-19(2)9-6-10-20(3)11-7-12-21(4)13-8-14-22(5)15-16-28-17-23(24)18-29-30(25,26)27;;/h9,11,13,15,23-24H,6-8,10,12,14,16-18H2,1-5H3,(H2,25,26,27);;/q;2*+1/p-2/b20-11+,21-13+,22-15+;;/t23-;;/m1../s1. The summed E-state index contributed by atoms with van der Waals surface area (Å²) in [6.07, 6.45) is 14.0. The van der Waals surface area contributed by atoms with Crippen molar-refractivity contribution in [1.29, 1.82) is 0 Å². The fourth-order valence-corrected chi connectivity index (χ4v) is 2.97. The number of phosphoric acid groups is 1. The van der Waals surface area contributed by atoms with Gasteiger partial charge in [0.1, 0.15) is 6.10 Å². The second-order valence-electron chi connectivity index (χ2n) is 7.98. The molecule has 1 atom stereocenters. The molecule has 0 aliphatic carbocycles. The third-order valence-corrected chi connectivity index (χ3v) is 4.90. The van der Waals surface area contributed by atoms with Gasteiger partial charge in [-0.15, -0.1) is 0 Å². The van der Waals surface area contributed by atoms with Crippen molar-refractivity contribution in [3.05, 3.63) is 46.6 Å². The van der Waals surface area contributed by atoms with Crippen molar-refractivity contribution < 1.29 is 87.8 Å². The number of allylic oxidation sites excluding steroid dienone is 7. The predicted molar refractivity (Wildman–Crippen MR) is 119 cm³/mol. The van der Waals surface area contributed by atoms with Crippen LogP contribution in [0, 0.1) is 0 Å². The molecule has 0 bridgehead atoms. The summed E-state index contributed by atoms with van der Waals surface area (Å²) < 4.78 is 19.6. The first-order valence-electron chi connectivity index (χ1n) is 10.5. The van der Waals surface area contributed by atoms with E-state index in [1.165, 1.54) is 22.3 Å². The number of aliphatic hydroxyl groups is 1. The van der Waals surface area contributed by atoms with Crippen molar-refractivity contribution in [3.8, 4) is 0 Å². The van der Waals surface area contributed by atoms with Crippen LogP contribution in [-0.2, 0) is 13.8 Å². The Balaban J connectivity index is -0.00000420. The van der Waals surface area contributed by atoms with Gasteiger partial charge in [0.2, 0.25) is 0 Å². The van der Waals surface area contributed by atoms with E-state index in [1.807, 2.05) is 13.0 Å². The second kappa shape index (κ2) is 22.5. The molecule has 0 fully saturated rings. The molecular formula is C23H39Na2O6P. The molecule has 1 N–H and O–H groups in total. The summed E-state index contributed by atoms with van der Waals surface area (Å²) in [5, 5.41) is 9.47. The summed E-state index contributed by atoms with van der Waals surface area (Å²) in [5.74, 6) is 0. The Morgan fingerprint density at radius 2 is 1.25 bits per heavy atom. The van der Waals surface area contributed by atoms with E-state index < -0.39 is 20.5 Å². The average Bonchev–Trinajstić information content (AvgIpc) is 2.62. The summed E-state index contributed by atoms with van der Waals surface area (Å²) >= 11 is 0. The van der Waals surface area contributed by atoms with Crippen LogP contribution in [0.25, 0.3) is 0 Å². The smallest absolute Gasteiger partial charge is 0.790 e. The maximum Gasteiger partial charge on any atom is 1.00 e. The second-order valence-corrected chi connectivity index (χ2v) is 9.14. The van der Waals surface area contributed by atoms with E-state index in [9.17, 15) is 19.5 Å². The van der Waals surface area contributed by atoms with E-state index in [1.54, 1.807) is 0 Å². The first-order valence-corrected chi connectivity index (χ1v) is 12.0. The molecule has 0 aliphatic rings. The average molecular weight is 489 g/mol. The van der Waals surface area contributed by atoms with Gasteiger partial charge in [0.25, 0.3) is 0 Å². The topological polar surface area (TPSA) is 102 Å². The van der Waals surface area contributed by atoms with Gasteiger partial charge in [-0.25, -0.2) is 0 Å². The van der Waals surface area contributed by atoms with E-state index in [0.717, 1.165) is 38.5 Å². The van der Waals surface area contributed by atoms with Crippen LogP contribution < -0.4 is 68.9 Å². The Hall–Kier alpha value is 0.990. The zero-order valence-corrected chi connectivity index (χ0v) is 26.1. The molecule has 0 saturated carbocycles. The third kappa shape index (κ3) is 27.2. The van der Waals surface area contributed by atoms with Gasteiger partial charge in [-0.1, -0.05) is 46.6 Å². The normalized spacial score (nSPS) is 13.8. The molecule has 0 aromatic carbocycles. The van der Waals surface area contributed by atoms with Gasteiger partial charge >= 0.3 is 59.1 Å². The Morgan fingerprint density at radius 3 is 1.69 bits per heavy atom. The molecule has 6 nitrogen and oxygen atoms in total. The van der Waals surface area contributed by atoms with Crippen LogP contribution in [0.15, 0.2) is 46.6 Å². The zero-order chi connectivity index (χ0) is 23.0. The number of ether oxygens (including phenoxy) is 1. The predicted octanol–water partition coefficient (Wildman–Crippen LogP) is -1.64. The maximum absolute atomic E-state index is 10.3. The molecule has 0 saturated heterocycles. The number of rotatable bonds is 16. The number of hydrogen-bond acceptors (Lipinski definition) is 6. The molecule has 0 amide bonds. The van der Waals surface area contributed by atoms with Crippen LogP contribution in [0.5, 0.6) is 0 Å². The van der Waals surface area contributed by atoms with E-state index in [2.05, 4.69) is 50.4 Å². The minimum Gasteiger partial charge on any atom is -0.790 e. The Bertz CT molecular complexity index is 649. The Labute approximate surface area is 239 Å². The quantitative estimate of drug-likeness (QED) is 0.121. The fraction of sp³-hybridized carbons (Fsp3) is 0.652. The molecule has 0 heterocycles. The van der Waals surface area contributed by atoms with Crippen molar-refractivity contribution in [2.75, 3.05) is 19.8 Å². The van der Waals surface area contributed by atoms with Crippen molar-refractivity contribution in [2.45, 2.75) is 79.2 Å². The van der Waals surface area contributed by atoms with Crippen LogP contribution in [0.4, 0.5) is 0 Å². The van der Waals surface area contributed by atoms with Gasteiger partial charge in [-0.2, -0.15) is 0 Å². The largest absolute Gasteiger partial charge is 1.00 e. The van der Waals surface area contributed by atoms with Crippen LogP contribution in [0.1, 0.15) is 73.1 Å². The number of aliphatic hydroxyl groups excluding tert-OH is 1. The minimum atomic E-state index is -5.05. The van der Waals surface area contributed by atoms with Crippen molar-refractivity contribution >= 4 is 7.82 Å². The van der Waals surface area contributed by atoms with Crippen LogP contribution >= 0.6 is 7.82 Å². The molecule has 0 aromatic heterocycles. The van der Waals surface area contributed by atoms with Gasteiger partial charge < -0.3 is 28.7 Å². The summed E-state index contributed by atoms with van der Waals surface area (Å²) in [5.41, 5.74) is 5.40. The molecule has 0 spiro atoms. The van der Waals surface area contributed by atoms with Gasteiger partial charge in [0, 0.05) is 0 Å². The van der Waals surface area contributed by atoms with E-state index >= 15 is 0 Å². The minimum absolute atomic E-state index is 0. The van der Waals surface area contributed by atoms with Crippen LogP contribution in [0.2, 0.25) is 0 Å². The van der Waals surface area contributed by atoms with Crippen molar-refractivity contribution in [3.63, 3.8) is 0 Å². The van der Waals surface area contributed by atoms with E-state index in [4.69, 9.17) is 4.74 Å². The molecule has 32 heavy (non-hydrogen) atoms. The molecular weight excluding hydrogens is 449 g/mol. The van der Waals surface area contributed by atoms with Gasteiger partial charge in [0.15, 0.2) is 0 Å². The van der Waals surface area contributed by atoms with Gasteiger partial charge in [-0.05, 0) is 73.1 Å².